The van der Waals surface area contributed by atoms with Crippen LogP contribution in [0.1, 0.15) is 32.3 Å². The van der Waals surface area contributed by atoms with Crippen molar-refractivity contribution in [3.05, 3.63) is 35.9 Å². The van der Waals surface area contributed by atoms with Crippen molar-refractivity contribution in [2.45, 2.75) is 45.2 Å². The van der Waals surface area contributed by atoms with Crippen LogP contribution in [-0.2, 0) is 6.42 Å². The highest BCUT2D eigenvalue weighted by molar-refractivity contribution is 8.14. The van der Waals surface area contributed by atoms with Crippen molar-refractivity contribution >= 4 is 16.9 Å². The molecule has 2 fully saturated rings. The Morgan fingerprint density at radius 3 is 2.70 bits per heavy atom. The molecule has 1 N–H and O–H groups in total. The zero-order valence-electron chi connectivity index (χ0n) is 12.4. The van der Waals surface area contributed by atoms with Crippen LogP contribution in [-0.4, -0.2) is 23.0 Å². The maximum absolute atomic E-state index is 4.97. The lowest BCUT2D eigenvalue weighted by Crippen LogP contribution is -2.30. The van der Waals surface area contributed by atoms with Crippen LogP contribution >= 0.6 is 11.8 Å². The smallest absolute Gasteiger partial charge is 0.157 e. The summed E-state index contributed by atoms with van der Waals surface area (Å²) in [7, 11) is 0. The molecule has 1 aromatic carbocycles. The van der Waals surface area contributed by atoms with Crippen molar-refractivity contribution in [1.29, 1.82) is 0 Å². The summed E-state index contributed by atoms with van der Waals surface area (Å²) in [5, 5.41) is 4.79. The van der Waals surface area contributed by atoms with Crippen LogP contribution in [0.5, 0.6) is 0 Å². The molecule has 0 spiro atoms. The van der Waals surface area contributed by atoms with Crippen molar-refractivity contribution < 1.29 is 0 Å². The number of thioether (sulfide) groups is 1. The highest BCUT2D eigenvalue weighted by Gasteiger charge is 2.31. The van der Waals surface area contributed by atoms with Gasteiger partial charge in [0.05, 0.1) is 6.04 Å². The van der Waals surface area contributed by atoms with Gasteiger partial charge in [0.25, 0.3) is 0 Å². The van der Waals surface area contributed by atoms with Crippen molar-refractivity contribution in [2.24, 2.45) is 16.8 Å². The summed E-state index contributed by atoms with van der Waals surface area (Å²) < 4.78 is 0. The third-order valence-electron chi connectivity index (χ3n) is 4.78. The van der Waals surface area contributed by atoms with Crippen LogP contribution in [0.25, 0.3) is 0 Å². The van der Waals surface area contributed by atoms with Crippen LogP contribution < -0.4 is 5.32 Å². The van der Waals surface area contributed by atoms with Gasteiger partial charge in [0.2, 0.25) is 0 Å². The molecule has 2 aliphatic rings. The van der Waals surface area contributed by atoms with E-state index in [9.17, 15) is 0 Å². The fraction of sp³-hybridized carbons (Fsp3) is 0.588. The van der Waals surface area contributed by atoms with E-state index >= 15 is 0 Å². The molecule has 2 nitrogen and oxygen atoms in total. The first-order valence-electron chi connectivity index (χ1n) is 7.73. The Morgan fingerprint density at radius 1 is 1.20 bits per heavy atom. The zero-order valence-corrected chi connectivity index (χ0v) is 13.2. The first kappa shape index (κ1) is 14.0. The summed E-state index contributed by atoms with van der Waals surface area (Å²) >= 11 is 1.90. The van der Waals surface area contributed by atoms with Gasteiger partial charge in [-0.05, 0) is 36.7 Å². The van der Waals surface area contributed by atoms with E-state index in [2.05, 4.69) is 49.5 Å². The van der Waals surface area contributed by atoms with Gasteiger partial charge in [0, 0.05) is 11.8 Å². The van der Waals surface area contributed by atoms with Gasteiger partial charge in [-0.25, -0.2) is 0 Å². The highest BCUT2D eigenvalue weighted by atomic mass is 32.2. The Hall–Kier alpha value is -0.960. The van der Waals surface area contributed by atoms with E-state index in [1.165, 1.54) is 23.6 Å². The van der Waals surface area contributed by atoms with Gasteiger partial charge in [-0.1, -0.05) is 55.9 Å². The molecule has 108 valence electrons. The molecule has 0 amide bonds. The molecule has 3 rings (SSSR count). The number of nitrogens with one attached hydrogen (secondary N) is 1. The van der Waals surface area contributed by atoms with E-state index in [-0.39, 0.29) is 0 Å². The van der Waals surface area contributed by atoms with Gasteiger partial charge >= 0.3 is 0 Å². The zero-order chi connectivity index (χ0) is 13.9. The summed E-state index contributed by atoms with van der Waals surface area (Å²) in [6, 6.07) is 11.8. The van der Waals surface area contributed by atoms with Gasteiger partial charge in [0.15, 0.2) is 5.17 Å². The van der Waals surface area contributed by atoms with E-state index < -0.39 is 0 Å². The second-order valence-corrected chi connectivity index (χ2v) is 7.27. The monoisotopic (exact) mass is 288 g/mol. The Bertz CT molecular complexity index is 471. The summed E-state index contributed by atoms with van der Waals surface area (Å²) in [4.78, 5) is 4.97. The predicted molar refractivity (Wildman–Crippen MR) is 88.3 cm³/mol. The van der Waals surface area contributed by atoms with Crippen molar-refractivity contribution in [2.75, 3.05) is 5.75 Å². The fourth-order valence-electron chi connectivity index (χ4n) is 3.19. The molecular formula is C17H24N2S. The largest absolute Gasteiger partial charge is 0.361 e. The fourth-order valence-corrected chi connectivity index (χ4v) is 4.21. The third-order valence-corrected chi connectivity index (χ3v) is 5.84. The number of hydrogen-bond acceptors (Lipinski definition) is 2. The van der Waals surface area contributed by atoms with Crippen LogP contribution in [0.3, 0.4) is 0 Å². The lowest BCUT2D eigenvalue weighted by Gasteiger charge is -2.15. The average molecular weight is 288 g/mol. The third kappa shape index (κ3) is 3.20. The number of hydrogen-bond donors (Lipinski definition) is 1. The van der Waals surface area contributed by atoms with Crippen molar-refractivity contribution in [3.8, 4) is 0 Å². The van der Waals surface area contributed by atoms with Crippen molar-refractivity contribution in [1.82, 2.24) is 5.32 Å². The topological polar surface area (TPSA) is 24.4 Å². The quantitative estimate of drug-likeness (QED) is 0.916. The second kappa shape index (κ2) is 6.21. The van der Waals surface area contributed by atoms with Crippen LogP contribution in [0.2, 0.25) is 0 Å². The van der Waals surface area contributed by atoms with Gasteiger partial charge in [0.1, 0.15) is 0 Å². The molecule has 0 radical (unpaired) electrons. The molecule has 20 heavy (non-hydrogen) atoms. The molecular weight excluding hydrogens is 264 g/mol. The molecule has 1 aliphatic heterocycles. The first-order valence-corrected chi connectivity index (χ1v) is 8.72. The summed E-state index contributed by atoms with van der Waals surface area (Å²) in [5.74, 6) is 2.71. The van der Waals surface area contributed by atoms with Crippen molar-refractivity contribution in [3.63, 3.8) is 0 Å². The molecule has 0 bridgehead atoms. The maximum atomic E-state index is 4.97. The van der Waals surface area contributed by atoms with E-state index in [4.69, 9.17) is 4.99 Å². The van der Waals surface area contributed by atoms with E-state index in [1.807, 2.05) is 11.8 Å². The minimum absolute atomic E-state index is 0.537. The molecule has 1 heterocycles. The highest BCUT2D eigenvalue weighted by Crippen LogP contribution is 2.34. The van der Waals surface area contributed by atoms with Gasteiger partial charge in [-0.2, -0.15) is 0 Å². The van der Waals surface area contributed by atoms with Gasteiger partial charge in [-0.3, -0.25) is 4.99 Å². The van der Waals surface area contributed by atoms with E-state index in [0.29, 0.717) is 12.1 Å². The van der Waals surface area contributed by atoms with Gasteiger partial charge < -0.3 is 5.32 Å². The lowest BCUT2D eigenvalue weighted by atomic mass is 9.98. The van der Waals surface area contributed by atoms with E-state index in [1.54, 1.807) is 0 Å². The number of nitrogens with zero attached hydrogens (tertiary/aromatic N) is 1. The Morgan fingerprint density at radius 2 is 2.00 bits per heavy atom. The lowest BCUT2D eigenvalue weighted by molar-refractivity contribution is 0.423. The Labute approximate surface area is 126 Å². The SMILES string of the molecule is CC1CCC(N=C2NC(Cc3ccccc3)CS2)C1C. The molecule has 4 atom stereocenters. The van der Waals surface area contributed by atoms with Crippen LogP contribution in [0, 0.1) is 11.8 Å². The number of rotatable bonds is 3. The molecule has 1 saturated heterocycles. The van der Waals surface area contributed by atoms with E-state index in [0.717, 1.165) is 24.0 Å². The summed E-state index contributed by atoms with van der Waals surface area (Å²) in [6.07, 6.45) is 3.70. The van der Waals surface area contributed by atoms with Crippen LogP contribution in [0.15, 0.2) is 35.3 Å². The Balaban J connectivity index is 1.57. The minimum Gasteiger partial charge on any atom is -0.361 e. The first-order chi connectivity index (χ1) is 9.72. The minimum atomic E-state index is 0.537. The number of benzene rings is 1. The Kier molecular flexibility index (Phi) is 4.35. The normalized spacial score (nSPS) is 35.4. The van der Waals surface area contributed by atoms with Crippen LogP contribution in [0.4, 0.5) is 0 Å². The number of amidine groups is 1. The predicted octanol–water partition coefficient (Wildman–Crippen LogP) is 3.72. The molecule has 0 aromatic heterocycles. The summed E-state index contributed by atoms with van der Waals surface area (Å²) in [5.41, 5.74) is 1.41. The molecule has 4 unspecified atom stereocenters. The molecule has 3 heteroatoms. The summed E-state index contributed by atoms with van der Waals surface area (Å²) in [6.45, 7) is 4.71. The molecule has 1 saturated carbocycles. The standard InChI is InChI=1S/C17H24N2S/c1-12-8-9-16(13(12)2)19-17-18-15(11-20-17)10-14-6-4-3-5-7-14/h3-7,12-13,15-16H,8-11H2,1-2H3,(H,18,19). The number of aliphatic imine (C=N–C) groups is 1. The molecule has 1 aliphatic carbocycles. The average Bonchev–Trinajstić information content (AvgIpc) is 3.02. The maximum Gasteiger partial charge on any atom is 0.157 e. The molecule has 1 aromatic rings. The van der Waals surface area contributed by atoms with Gasteiger partial charge in [-0.15, -0.1) is 0 Å². The second-order valence-electron chi connectivity index (χ2n) is 6.26.